The van der Waals surface area contributed by atoms with E-state index in [9.17, 15) is 4.79 Å². The average molecular weight is 256 g/mol. The number of nitrogens with two attached hydrogens (primary N) is 1. The molecule has 1 aliphatic carbocycles. The van der Waals surface area contributed by atoms with Crippen molar-refractivity contribution >= 4 is 6.09 Å². The predicted octanol–water partition coefficient (Wildman–Crippen LogP) is 2.81. The first-order valence-corrected chi connectivity index (χ1v) is 6.86. The van der Waals surface area contributed by atoms with Gasteiger partial charge in [-0.25, -0.2) is 4.79 Å². The summed E-state index contributed by atoms with van der Waals surface area (Å²) < 4.78 is 5.32. The third-order valence-electron chi connectivity index (χ3n) is 3.41. The normalized spacial score (nSPS) is 33.7. The van der Waals surface area contributed by atoms with Gasteiger partial charge < -0.3 is 15.8 Å². The number of hydrogen-bond donors (Lipinski definition) is 2. The van der Waals surface area contributed by atoms with E-state index in [0.29, 0.717) is 5.92 Å². The summed E-state index contributed by atoms with van der Waals surface area (Å²) in [5, 5.41) is 3.00. The molecule has 4 heteroatoms. The second-order valence-corrected chi connectivity index (χ2v) is 7.03. The summed E-state index contributed by atoms with van der Waals surface area (Å²) in [5.41, 5.74) is 5.41. The molecule has 0 heterocycles. The molecule has 0 unspecified atom stereocenters. The number of carbonyl (C=O) groups excluding carboxylic acids is 1. The maximum absolute atomic E-state index is 11.9. The number of carbonyl (C=O) groups is 1. The topological polar surface area (TPSA) is 64.3 Å². The molecule has 0 aliphatic heterocycles. The van der Waals surface area contributed by atoms with E-state index in [4.69, 9.17) is 10.5 Å². The van der Waals surface area contributed by atoms with Crippen LogP contribution in [0.1, 0.15) is 60.3 Å². The third kappa shape index (κ3) is 5.25. The van der Waals surface area contributed by atoms with Crippen molar-refractivity contribution in [3.63, 3.8) is 0 Å². The van der Waals surface area contributed by atoms with Gasteiger partial charge in [-0.15, -0.1) is 0 Å². The summed E-state index contributed by atoms with van der Waals surface area (Å²) in [5.74, 6) is 0.627. The van der Waals surface area contributed by atoms with E-state index < -0.39 is 5.60 Å². The van der Waals surface area contributed by atoms with Crippen LogP contribution in [0.15, 0.2) is 0 Å². The molecule has 1 fully saturated rings. The molecule has 0 aromatic carbocycles. The van der Waals surface area contributed by atoms with Crippen LogP contribution in [0.4, 0.5) is 4.79 Å². The van der Waals surface area contributed by atoms with E-state index in [0.717, 1.165) is 25.7 Å². The standard InChI is InChI=1S/C14H28N2O2/c1-10-6-7-14(5,9-11(15)8-10)16-12(17)18-13(2,3)4/h10-11H,6-9,15H2,1-5H3,(H,16,17)/t10-,11+,14-/m1/s1. The first kappa shape index (κ1) is 15.3. The van der Waals surface area contributed by atoms with Gasteiger partial charge in [0.25, 0.3) is 0 Å². The fraction of sp³-hybridized carbons (Fsp3) is 0.929. The van der Waals surface area contributed by atoms with Gasteiger partial charge in [0.1, 0.15) is 5.60 Å². The van der Waals surface area contributed by atoms with E-state index in [2.05, 4.69) is 19.2 Å². The summed E-state index contributed by atoms with van der Waals surface area (Å²) in [4.78, 5) is 11.9. The molecule has 1 aliphatic rings. The molecule has 3 atom stereocenters. The molecular weight excluding hydrogens is 228 g/mol. The van der Waals surface area contributed by atoms with Gasteiger partial charge in [-0.1, -0.05) is 6.92 Å². The van der Waals surface area contributed by atoms with E-state index in [-0.39, 0.29) is 17.7 Å². The molecule has 1 amide bonds. The highest BCUT2D eigenvalue weighted by atomic mass is 16.6. The minimum absolute atomic E-state index is 0.155. The predicted molar refractivity (Wildman–Crippen MR) is 73.4 cm³/mol. The van der Waals surface area contributed by atoms with Crippen molar-refractivity contribution in [3.05, 3.63) is 0 Å². The lowest BCUT2D eigenvalue weighted by Crippen LogP contribution is -2.50. The largest absolute Gasteiger partial charge is 0.444 e. The highest BCUT2D eigenvalue weighted by molar-refractivity contribution is 5.68. The second-order valence-electron chi connectivity index (χ2n) is 7.03. The van der Waals surface area contributed by atoms with Gasteiger partial charge in [-0.2, -0.15) is 0 Å². The molecule has 3 N–H and O–H groups in total. The lowest BCUT2D eigenvalue weighted by molar-refractivity contribution is 0.0451. The Morgan fingerprint density at radius 3 is 2.61 bits per heavy atom. The Balaban J connectivity index is 2.60. The van der Waals surface area contributed by atoms with Gasteiger partial charge in [0.2, 0.25) is 0 Å². The number of hydrogen-bond acceptors (Lipinski definition) is 3. The minimum atomic E-state index is -0.458. The molecule has 0 saturated heterocycles. The fourth-order valence-electron chi connectivity index (χ4n) is 2.63. The molecular formula is C14H28N2O2. The number of amides is 1. The first-order valence-electron chi connectivity index (χ1n) is 6.86. The Labute approximate surface area is 111 Å². The zero-order valence-corrected chi connectivity index (χ0v) is 12.4. The highest BCUT2D eigenvalue weighted by Crippen LogP contribution is 2.29. The van der Waals surface area contributed by atoms with Gasteiger partial charge in [0.05, 0.1) is 0 Å². The molecule has 0 spiro atoms. The van der Waals surface area contributed by atoms with Crippen LogP contribution in [-0.4, -0.2) is 23.3 Å². The van der Waals surface area contributed by atoms with E-state index in [1.54, 1.807) is 0 Å². The van der Waals surface area contributed by atoms with Crippen LogP contribution in [0.5, 0.6) is 0 Å². The maximum Gasteiger partial charge on any atom is 0.408 e. The molecule has 0 aromatic rings. The Kier molecular flexibility index (Phi) is 4.65. The second kappa shape index (κ2) is 5.47. The van der Waals surface area contributed by atoms with Crippen LogP contribution in [0.2, 0.25) is 0 Å². The van der Waals surface area contributed by atoms with Crippen LogP contribution in [0, 0.1) is 5.92 Å². The molecule has 4 nitrogen and oxygen atoms in total. The molecule has 18 heavy (non-hydrogen) atoms. The number of rotatable bonds is 1. The average Bonchev–Trinajstić information content (AvgIpc) is 2.21. The number of nitrogens with one attached hydrogen (secondary N) is 1. The zero-order chi connectivity index (χ0) is 14.0. The molecule has 1 saturated carbocycles. The van der Waals surface area contributed by atoms with E-state index >= 15 is 0 Å². The van der Waals surface area contributed by atoms with Crippen LogP contribution in [-0.2, 0) is 4.74 Å². The van der Waals surface area contributed by atoms with Crippen molar-refractivity contribution in [3.8, 4) is 0 Å². The first-order chi connectivity index (χ1) is 8.10. The Hall–Kier alpha value is -0.770. The van der Waals surface area contributed by atoms with Gasteiger partial charge in [0, 0.05) is 11.6 Å². The Morgan fingerprint density at radius 1 is 1.44 bits per heavy atom. The highest BCUT2D eigenvalue weighted by Gasteiger charge is 2.33. The van der Waals surface area contributed by atoms with Crippen LogP contribution >= 0.6 is 0 Å². The molecule has 0 aromatic heterocycles. The Morgan fingerprint density at radius 2 is 2.06 bits per heavy atom. The summed E-state index contributed by atoms with van der Waals surface area (Å²) >= 11 is 0. The van der Waals surface area contributed by atoms with Crippen molar-refractivity contribution in [2.75, 3.05) is 0 Å². The quantitative estimate of drug-likeness (QED) is 0.709. The minimum Gasteiger partial charge on any atom is -0.444 e. The van der Waals surface area contributed by atoms with Crippen molar-refractivity contribution in [2.24, 2.45) is 11.7 Å². The maximum atomic E-state index is 11.9. The molecule has 106 valence electrons. The van der Waals surface area contributed by atoms with E-state index in [1.807, 2.05) is 20.8 Å². The zero-order valence-electron chi connectivity index (χ0n) is 12.4. The molecule has 1 rings (SSSR count). The van der Waals surface area contributed by atoms with Crippen molar-refractivity contribution in [1.29, 1.82) is 0 Å². The molecule has 0 bridgehead atoms. The third-order valence-corrected chi connectivity index (χ3v) is 3.41. The van der Waals surface area contributed by atoms with Gasteiger partial charge in [0.15, 0.2) is 0 Å². The van der Waals surface area contributed by atoms with Gasteiger partial charge in [-0.3, -0.25) is 0 Å². The van der Waals surface area contributed by atoms with Gasteiger partial charge in [-0.05, 0) is 59.3 Å². The summed E-state index contributed by atoms with van der Waals surface area (Å²) in [7, 11) is 0. The van der Waals surface area contributed by atoms with Crippen LogP contribution in [0.3, 0.4) is 0 Å². The van der Waals surface area contributed by atoms with Crippen molar-refractivity contribution < 1.29 is 9.53 Å². The smallest absolute Gasteiger partial charge is 0.408 e. The summed E-state index contributed by atoms with van der Waals surface area (Å²) in [6, 6.07) is 0.155. The lowest BCUT2D eigenvalue weighted by atomic mass is 9.91. The van der Waals surface area contributed by atoms with E-state index in [1.165, 1.54) is 0 Å². The van der Waals surface area contributed by atoms with Crippen molar-refractivity contribution in [2.45, 2.75) is 77.5 Å². The monoisotopic (exact) mass is 256 g/mol. The Bertz CT molecular complexity index is 299. The molecule has 0 radical (unpaired) electrons. The fourth-order valence-corrected chi connectivity index (χ4v) is 2.63. The van der Waals surface area contributed by atoms with Gasteiger partial charge >= 0.3 is 6.09 Å². The van der Waals surface area contributed by atoms with Crippen molar-refractivity contribution in [1.82, 2.24) is 5.32 Å². The number of alkyl carbamates (subject to hydrolysis) is 1. The summed E-state index contributed by atoms with van der Waals surface area (Å²) in [6.07, 6.45) is 3.57. The number of ether oxygens (including phenoxy) is 1. The SMILES string of the molecule is C[C@@H]1CC[C@@](C)(NC(=O)OC(C)(C)C)C[C@@H](N)C1. The van der Waals surface area contributed by atoms with Crippen LogP contribution < -0.4 is 11.1 Å². The lowest BCUT2D eigenvalue weighted by Gasteiger charge is -2.32. The summed E-state index contributed by atoms with van der Waals surface area (Å²) in [6.45, 7) is 9.90. The van der Waals surface area contributed by atoms with Crippen LogP contribution in [0.25, 0.3) is 0 Å².